The minimum Gasteiger partial charge on any atom is -0.356 e. The minimum atomic E-state index is 0.182. The molecule has 1 aliphatic rings. The largest absolute Gasteiger partial charge is 0.356 e. The van der Waals surface area contributed by atoms with Gasteiger partial charge in [-0.1, -0.05) is 26.8 Å². The predicted octanol–water partition coefficient (Wildman–Crippen LogP) is 3.37. The van der Waals surface area contributed by atoms with E-state index in [2.05, 4.69) is 36.7 Å². The molecule has 0 bridgehead atoms. The molecule has 0 aromatic carbocycles. The maximum Gasteiger partial charge on any atom is 0.132 e. The molecular formula is C14H22N2. The van der Waals surface area contributed by atoms with Gasteiger partial charge >= 0.3 is 0 Å². The molecule has 0 amide bonds. The van der Waals surface area contributed by atoms with Crippen molar-refractivity contribution in [3.63, 3.8) is 0 Å². The summed E-state index contributed by atoms with van der Waals surface area (Å²) in [6.07, 6.45) is 5.90. The van der Waals surface area contributed by atoms with Gasteiger partial charge in [0.05, 0.1) is 0 Å². The molecule has 0 unspecified atom stereocenters. The molecule has 0 spiro atoms. The van der Waals surface area contributed by atoms with Gasteiger partial charge < -0.3 is 4.90 Å². The molecule has 1 fully saturated rings. The number of piperidine rings is 1. The Hall–Kier alpha value is -1.05. The topological polar surface area (TPSA) is 16.1 Å². The second-order valence-corrected chi connectivity index (χ2v) is 5.67. The van der Waals surface area contributed by atoms with Crippen LogP contribution in [0.4, 0.5) is 5.82 Å². The highest BCUT2D eigenvalue weighted by atomic mass is 15.2. The Morgan fingerprint density at radius 3 is 2.44 bits per heavy atom. The third-order valence-corrected chi connectivity index (χ3v) is 3.25. The summed E-state index contributed by atoms with van der Waals surface area (Å²) in [5, 5.41) is 0. The van der Waals surface area contributed by atoms with Crippen LogP contribution in [0.25, 0.3) is 0 Å². The number of nitrogens with zero attached hydrogens (tertiary/aromatic N) is 2. The summed E-state index contributed by atoms with van der Waals surface area (Å²) in [5.74, 6) is 1.20. The molecule has 1 saturated heterocycles. The highest BCUT2D eigenvalue weighted by Gasteiger charge is 2.22. The number of anilines is 1. The summed E-state index contributed by atoms with van der Waals surface area (Å²) in [6, 6.07) is 4.27. The molecule has 2 rings (SSSR count). The summed E-state index contributed by atoms with van der Waals surface area (Å²) in [6.45, 7) is 9.12. The molecule has 0 N–H and O–H groups in total. The molecule has 0 radical (unpaired) electrons. The van der Waals surface area contributed by atoms with Crippen LogP contribution in [-0.2, 0) is 5.41 Å². The van der Waals surface area contributed by atoms with Crippen LogP contribution in [0.5, 0.6) is 0 Å². The van der Waals surface area contributed by atoms with E-state index in [1.807, 2.05) is 12.3 Å². The van der Waals surface area contributed by atoms with E-state index in [9.17, 15) is 0 Å². The highest BCUT2D eigenvalue weighted by Crippen LogP contribution is 2.31. The van der Waals surface area contributed by atoms with E-state index < -0.39 is 0 Å². The van der Waals surface area contributed by atoms with Gasteiger partial charge in [0, 0.05) is 24.8 Å². The first kappa shape index (κ1) is 11.4. The molecule has 1 aromatic rings. The van der Waals surface area contributed by atoms with Gasteiger partial charge in [0.25, 0.3) is 0 Å². The minimum absolute atomic E-state index is 0.182. The van der Waals surface area contributed by atoms with Crippen molar-refractivity contribution in [3.05, 3.63) is 23.9 Å². The SMILES string of the molecule is CC(C)(C)c1cccnc1N1CCCCC1. The van der Waals surface area contributed by atoms with Crippen molar-refractivity contribution in [2.75, 3.05) is 18.0 Å². The van der Waals surface area contributed by atoms with Crippen LogP contribution in [0.1, 0.15) is 45.6 Å². The Kier molecular flexibility index (Phi) is 3.17. The second kappa shape index (κ2) is 4.44. The molecule has 1 aromatic heterocycles. The van der Waals surface area contributed by atoms with Gasteiger partial charge in [0.2, 0.25) is 0 Å². The Morgan fingerprint density at radius 2 is 1.81 bits per heavy atom. The average molecular weight is 218 g/mol. The number of aromatic nitrogens is 1. The zero-order valence-corrected chi connectivity index (χ0v) is 10.7. The van der Waals surface area contributed by atoms with Gasteiger partial charge in [-0.15, -0.1) is 0 Å². The lowest BCUT2D eigenvalue weighted by Gasteiger charge is -2.32. The van der Waals surface area contributed by atoms with Crippen LogP contribution < -0.4 is 4.90 Å². The van der Waals surface area contributed by atoms with Crippen LogP contribution in [-0.4, -0.2) is 18.1 Å². The number of rotatable bonds is 1. The third kappa shape index (κ3) is 2.37. The fourth-order valence-electron chi connectivity index (χ4n) is 2.34. The molecular weight excluding hydrogens is 196 g/mol. The predicted molar refractivity (Wildman–Crippen MR) is 69.0 cm³/mol. The van der Waals surface area contributed by atoms with Crippen molar-refractivity contribution in [2.24, 2.45) is 0 Å². The van der Waals surface area contributed by atoms with Crippen molar-refractivity contribution < 1.29 is 0 Å². The lowest BCUT2D eigenvalue weighted by Crippen LogP contribution is -2.32. The first-order valence-corrected chi connectivity index (χ1v) is 6.29. The zero-order chi connectivity index (χ0) is 11.6. The van der Waals surface area contributed by atoms with Crippen LogP contribution in [0.2, 0.25) is 0 Å². The standard InChI is InChI=1S/C14H22N2/c1-14(2,3)12-8-7-9-15-13(12)16-10-5-4-6-11-16/h7-9H,4-6,10-11H2,1-3H3. The van der Waals surface area contributed by atoms with Gasteiger partial charge in [-0.25, -0.2) is 4.98 Å². The number of hydrogen-bond donors (Lipinski definition) is 0. The van der Waals surface area contributed by atoms with Crippen molar-refractivity contribution in [3.8, 4) is 0 Å². The van der Waals surface area contributed by atoms with Crippen LogP contribution in [0.3, 0.4) is 0 Å². The monoisotopic (exact) mass is 218 g/mol. The van der Waals surface area contributed by atoms with Crippen LogP contribution in [0.15, 0.2) is 18.3 Å². The molecule has 2 nitrogen and oxygen atoms in total. The van der Waals surface area contributed by atoms with E-state index >= 15 is 0 Å². The second-order valence-electron chi connectivity index (χ2n) is 5.67. The van der Waals surface area contributed by atoms with Gasteiger partial charge in [-0.3, -0.25) is 0 Å². The molecule has 0 atom stereocenters. The number of pyridine rings is 1. The van der Waals surface area contributed by atoms with Gasteiger partial charge in [0.1, 0.15) is 5.82 Å². The molecule has 88 valence electrons. The Balaban J connectivity index is 2.32. The molecule has 0 aliphatic carbocycles. The van der Waals surface area contributed by atoms with E-state index in [1.165, 1.54) is 43.7 Å². The average Bonchev–Trinajstić information content (AvgIpc) is 2.29. The summed E-state index contributed by atoms with van der Waals surface area (Å²) < 4.78 is 0. The lowest BCUT2D eigenvalue weighted by atomic mass is 9.87. The van der Waals surface area contributed by atoms with Gasteiger partial charge in [0.15, 0.2) is 0 Å². The first-order valence-electron chi connectivity index (χ1n) is 6.29. The Morgan fingerprint density at radius 1 is 1.12 bits per heavy atom. The van der Waals surface area contributed by atoms with Crippen LogP contribution in [0, 0.1) is 0 Å². The summed E-state index contributed by atoms with van der Waals surface area (Å²) in [5.41, 5.74) is 1.55. The zero-order valence-electron chi connectivity index (χ0n) is 10.7. The van der Waals surface area contributed by atoms with E-state index in [-0.39, 0.29) is 5.41 Å². The van der Waals surface area contributed by atoms with Gasteiger partial charge in [-0.2, -0.15) is 0 Å². The van der Waals surface area contributed by atoms with Gasteiger partial charge in [-0.05, 0) is 30.7 Å². The maximum absolute atomic E-state index is 4.59. The van der Waals surface area contributed by atoms with E-state index in [0.717, 1.165) is 0 Å². The lowest BCUT2D eigenvalue weighted by molar-refractivity contribution is 0.550. The maximum atomic E-state index is 4.59. The summed E-state index contributed by atoms with van der Waals surface area (Å²) in [7, 11) is 0. The molecule has 1 aliphatic heterocycles. The van der Waals surface area contributed by atoms with Crippen LogP contribution >= 0.6 is 0 Å². The number of hydrogen-bond acceptors (Lipinski definition) is 2. The molecule has 0 saturated carbocycles. The third-order valence-electron chi connectivity index (χ3n) is 3.25. The summed E-state index contributed by atoms with van der Waals surface area (Å²) >= 11 is 0. The highest BCUT2D eigenvalue weighted by molar-refractivity contribution is 5.50. The first-order chi connectivity index (χ1) is 7.59. The van der Waals surface area contributed by atoms with E-state index in [4.69, 9.17) is 0 Å². The fraction of sp³-hybridized carbons (Fsp3) is 0.643. The smallest absolute Gasteiger partial charge is 0.132 e. The molecule has 2 heteroatoms. The quantitative estimate of drug-likeness (QED) is 0.718. The normalized spacial score (nSPS) is 17.6. The summed E-state index contributed by atoms with van der Waals surface area (Å²) in [4.78, 5) is 7.04. The fourth-order valence-corrected chi connectivity index (χ4v) is 2.34. The van der Waals surface area contributed by atoms with E-state index in [1.54, 1.807) is 0 Å². The molecule has 2 heterocycles. The Labute approximate surface area is 98.7 Å². The van der Waals surface area contributed by atoms with Crippen molar-refractivity contribution in [1.82, 2.24) is 4.98 Å². The van der Waals surface area contributed by atoms with E-state index in [0.29, 0.717) is 0 Å². The van der Waals surface area contributed by atoms with Crippen molar-refractivity contribution in [1.29, 1.82) is 0 Å². The van der Waals surface area contributed by atoms with Crippen molar-refractivity contribution in [2.45, 2.75) is 45.4 Å². The van der Waals surface area contributed by atoms with Crippen molar-refractivity contribution >= 4 is 5.82 Å². The molecule has 16 heavy (non-hydrogen) atoms. The Bertz CT molecular complexity index is 346.